The highest BCUT2D eigenvalue weighted by atomic mass is 32.1. The van der Waals surface area contributed by atoms with E-state index in [-0.39, 0.29) is 23.3 Å². The molecule has 1 heterocycles. The molecule has 2 atom stereocenters. The first-order chi connectivity index (χ1) is 7.40. The topological polar surface area (TPSA) is 68.0 Å². The first kappa shape index (κ1) is 11.5. The lowest BCUT2D eigenvalue weighted by Crippen LogP contribution is -2.16. The lowest BCUT2D eigenvalue weighted by Gasteiger charge is -2.03. The molecule has 1 amide bonds. The van der Waals surface area contributed by atoms with E-state index in [1.54, 1.807) is 0 Å². The first-order valence-electron chi connectivity index (χ1n) is 5.42. The predicted octanol–water partition coefficient (Wildman–Crippen LogP) is 2.15. The molecule has 2 unspecified atom stereocenters. The molecule has 0 bridgehead atoms. The molecule has 0 saturated heterocycles. The van der Waals surface area contributed by atoms with Gasteiger partial charge in [0.2, 0.25) is 5.91 Å². The van der Waals surface area contributed by atoms with Crippen molar-refractivity contribution in [2.45, 2.75) is 33.2 Å². The maximum Gasteiger partial charge on any atom is 0.229 e. The van der Waals surface area contributed by atoms with Crippen LogP contribution in [0.4, 0.5) is 5.13 Å². The minimum Gasteiger partial charge on any atom is -0.323 e. The van der Waals surface area contributed by atoms with Gasteiger partial charge in [-0.15, -0.1) is 11.3 Å². The van der Waals surface area contributed by atoms with E-state index in [0.717, 1.165) is 12.1 Å². The van der Waals surface area contributed by atoms with Crippen LogP contribution in [0.15, 0.2) is 5.38 Å². The Bertz CT molecular complexity index is 411. The van der Waals surface area contributed by atoms with Crippen LogP contribution in [0.25, 0.3) is 0 Å². The molecule has 1 saturated carbocycles. The van der Waals surface area contributed by atoms with E-state index in [1.165, 1.54) is 11.3 Å². The average molecular weight is 239 g/mol. The number of carbonyl (C=O) groups excluding carboxylic acids is 1. The number of nitrogens with one attached hydrogen (secondary N) is 1. The molecule has 5 heteroatoms. The van der Waals surface area contributed by atoms with E-state index in [0.29, 0.717) is 5.13 Å². The van der Waals surface area contributed by atoms with E-state index in [1.807, 2.05) is 12.3 Å². The first-order valence-corrected chi connectivity index (χ1v) is 6.30. The van der Waals surface area contributed by atoms with Gasteiger partial charge in [0.25, 0.3) is 0 Å². The van der Waals surface area contributed by atoms with Crippen molar-refractivity contribution >= 4 is 22.4 Å². The molecule has 1 aliphatic rings. The fourth-order valence-electron chi connectivity index (χ4n) is 1.66. The van der Waals surface area contributed by atoms with Crippen LogP contribution >= 0.6 is 11.3 Å². The number of aromatic nitrogens is 1. The van der Waals surface area contributed by atoms with Crippen molar-refractivity contribution in [3.63, 3.8) is 0 Å². The highest BCUT2D eigenvalue weighted by molar-refractivity contribution is 7.13. The summed E-state index contributed by atoms with van der Waals surface area (Å²) in [6, 6.07) is -0.0840. The second-order valence-electron chi connectivity index (χ2n) is 5.10. The van der Waals surface area contributed by atoms with Crippen molar-refractivity contribution in [3.05, 3.63) is 11.1 Å². The normalized spacial score (nSPS) is 23.9. The second-order valence-corrected chi connectivity index (χ2v) is 5.96. The zero-order valence-corrected chi connectivity index (χ0v) is 10.6. The molecule has 0 aromatic carbocycles. The minimum atomic E-state index is -0.0840. The van der Waals surface area contributed by atoms with Crippen LogP contribution in [-0.4, -0.2) is 10.9 Å². The third-order valence-corrected chi connectivity index (χ3v) is 3.82. The Hall–Kier alpha value is -0.940. The quantitative estimate of drug-likeness (QED) is 0.849. The maximum atomic E-state index is 11.8. The van der Waals surface area contributed by atoms with E-state index in [4.69, 9.17) is 5.73 Å². The van der Waals surface area contributed by atoms with Gasteiger partial charge in [-0.1, -0.05) is 13.8 Å². The molecular formula is C11H17N3OS. The van der Waals surface area contributed by atoms with Crippen molar-refractivity contribution in [3.8, 4) is 0 Å². The molecule has 4 nitrogen and oxygen atoms in total. The lowest BCUT2D eigenvalue weighted by atomic mass is 10.1. The van der Waals surface area contributed by atoms with Gasteiger partial charge < -0.3 is 11.1 Å². The summed E-state index contributed by atoms with van der Waals surface area (Å²) in [5.41, 5.74) is 6.69. The highest BCUT2D eigenvalue weighted by Crippen LogP contribution is 2.52. The van der Waals surface area contributed by atoms with Gasteiger partial charge >= 0.3 is 0 Å². The van der Waals surface area contributed by atoms with Crippen molar-refractivity contribution < 1.29 is 4.79 Å². The molecule has 3 N–H and O–H groups in total. The number of hydrogen-bond acceptors (Lipinski definition) is 4. The minimum absolute atomic E-state index is 0.0792. The van der Waals surface area contributed by atoms with Crippen LogP contribution in [0.1, 0.15) is 38.9 Å². The van der Waals surface area contributed by atoms with Crippen molar-refractivity contribution in [2.75, 3.05) is 5.32 Å². The van der Waals surface area contributed by atoms with Gasteiger partial charge in [0.05, 0.1) is 5.69 Å². The molecule has 1 aromatic heterocycles. The van der Waals surface area contributed by atoms with E-state index in [9.17, 15) is 4.79 Å². The van der Waals surface area contributed by atoms with Crippen molar-refractivity contribution in [1.29, 1.82) is 0 Å². The average Bonchev–Trinajstić information content (AvgIpc) is 2.62. The van der Waals surface area contributed by atoms with Gasteiger partial charge in [-0.25, -0.2) is 4.98 Å². The Balaban J connectivity index is 1.97. The van der Waals surface area contributed by atoms with Crippen LogP contribution in [0.5, 0.6) is 0 Å². The van der Waals surface area contributed by atoms with E-state index in [2.05, 4.69) is 24.1 Å². The highest BCUT2D eigenvalue weighted by Gasteiger charge is 2.50. The molecule has 1 aliphatic carbocycles. The smallest absolute Gasteiger partial charge is 0.229 e. The maximum absolute atomic E-state index is 11.8. The van der Waals surface area contributed by atoms with Crippen LogP contribution in [0.2, 0.25) is 0 Å². The van der Waals surface area contributed by atoms with Crippen molar-refractivity contribution in [1.82, 2.24) is 4.98 Å². The summed E-state index contributed by atoms with van der Waals surface area (Å²) >= 11 is 1.43. The Morgan fingerprint density at radius 2 is 2.38 bits per heavy atom. The van der Waals surface area contributed by atoms with Crippen molar-refractivity contribution in [2.24, 2.45) is 17.1 Å². The summed E-state index contributed by atoms with van der Waals surface area (Å²) < 4.78 is 0. The van der Waals surface area contributed by atoms with Crippen LogP contribution in [0.3, 0.4) is 0 Å². The molecule has 1 aromatic rings. The Labute approximate surface area is 99.3 Å². The molecule has 2 rings (SSSR count). The largest absolute Gasteiger partial charge is 0.323 e. The number of anilines is 1. The Morgan fingerprint density at radius 1 is 1.75 bits per heavy atom. The Kier molecular flexibility index (Phi) is 2.75. The molecule has 1 fully saturated rings. The predicted molar refractivity (Wildman–Crippen MR) is 65.2 cm³/mol. The molecular weight excluding hydrogens is 222 g/mol. The number of carbonyl (C=O) groups is 1. The zero-order chi connectivity index (χ0) is 11.9. The number of thiazole rings is 1. The number of rotatable bonds is 3. The second kappa shape index (κ2) is 3.82. The molecule has 88 valence electrons. The fraction of sp³-hybridized carbons (Fsp3) is 0.636. The van der Waals surface area contributed by atoms with Gasteiger partial charge in [-0.3, -0.25) is 4.79 Å². The third-order valence-electron chi connectivity index (χ3n) is 3.05. The zero-order valence-electron chi connectivity index (χ0n) is 9.78. The molecule has 0 aliphatic heterocycles. The van der Waals surface area contributed by atoms with Gasteiger partial charge in [0.1, 0.15) is 0 Å². The van der Waals surface area contributed by atoms with E-state index >= 15 is 0 Å². The van der Waals surface area contributed by atoms with E-state index < -0.39 is 0 Å². The molecule has 0 radical (unpaired) electrons. The van der Waals surface area contributed by atoms with Gasteiger partial charge in [0.15, 0.2) is 5.13 Å². The van der Waals surface area contributed by atoms with Gasteiger partial charge in [-0.2, -0.15) is 0 Å². The summed E-state index contributed by atoms with van der Waals surface area (Å²) in [4.78, 5) is 16.1. The standard InChI is InChI=1S/C11H17N3OS/c1-6(12)8-5-16-10(13-8)14-9(15)7-4-11(7,2)3/h5-7H,4,12H2,1-3H3,(H,13,14,15). The Morgan fingerprint density at radius 3 is 2.81 bits per heavy atom. The number of amides is 1. The van der Waals surface area contributed by atoms with Gasteiger partial charge in [-0.05, 0) is 18.8 Å². The molecule has 16 heavy (non-hydrogen) atoms. The molecule has 0 spiro atoms. The lowest BCUT2D eigenvalue weighted by molar-refractivity contribution is -0.117. The summed E-state index contributed by atoms with van der Waals surface area (Å²) in [6.07, 6.45) is 0.963. The van der Waals surface area contributed by atoms with Crippen LogP contribution in [-0.2, 0) is 4.79 Å². The number of hydrogen-bond donors (Lipinski definition) is 2. The van der Waals surface area contributed by atoms with Crippen LogP contribution < -0.4 is 11.1 Å². The van der Waals surface area contributed by atoms with Gasteiger partial charge in [0, 0.05) is 17.3 Å². The monoisotopic (exact) mass is 239 g/mol. The number of nitrogens with two attached hydrogens (primary N) is 1. The summed E-state index contributed by atoms with van der Waals surface area (Å²) in [6.45, 7) is 6.09. The summed E-state index contributed by atoms with van der Waals surface area (Å²) in [5.74, 6) is 0.214. The SMILES string of the molecule is CC(N)c1csc(NC(=O)C2CC2(C)C)n1. The number of nitrogens with zero attached hydrogens (tertiary/aromatic N) is 1. The summed E-state index contributed by atoms with van der Waals surface area (Å²) in [5, 5.41) is 5.39. The third kappa shape index (κ3) is 2.25. The van der Waals surface area contributed by atoms with Crippen LogP contribution in [0, 0.1) is 11.3 Å². The summed E-state index contributed by atoms with van der Waals surface area (Å²) in [7, 11) is 0. The fourth-order valence-corrected chi connectivity index (χ4v) is 2.48.